The fourth-order valence-corrected chi connectivity index (χ4v) is 0.805. The van der Waals surface area contributed by atoms with Crippen molar-refractivity contribution in [3.05, 3.63) is 0 Å². The van der Waals surface area contributed by atoms with E-state index in [9.17, 15) is 0 Å². The molecule has 4 nitrogen and oxygen atoms in total. The molecule has 0 aliphatic carbocycles. The maximum Gasteiger partial charge on any atom is 0.0589 e. The molecule has 0 aliphatic heterocycles. The van der Waals surface area contributed by atoms with E-state index in [1.165, 1.54) is 12.8 Å². The average molecular weight is 292 g/mol. The Balaban J connectivity index is -0.000000230. The van der Waals surface area contributed by atoms with Crippen molar-refractivity contribution in [3.63, 3.8) is 0 Å². The van der Waals surface area contributed by atoms with Crippen LogP contribution in [0.25, 0.3) is 0 Å². The molecule has 0 heterocycles. The minimum absolute atomic E-state index is 0.838. The molecular formula is C16H41N3O. The highest BCUT2D eigenvalue weighted by Crippen LogP contribution is 1.78. The van der Waals surface area contributed by atoms with Gasteiger partial charge in [0, 0.05) is 26.7 Å². The molecule has 0 aromatic heterocycles. The van der Waals surface area contributed by atoms with Gasteiger partial charge in [-0.1, -0.05) is 33.6 Å². The van der Waals surface area contributed by atoms with Crippen LogP contribution in [-0.4, -0.2) is 89.8 Å². The summed E-state index contributed by atoms with van der Waals surface area (Å²) in [5, 5.41) is 0. The van der Waals surface area contributed by atoms with E-state index < -0.39 is 0 Å². The average Bonchev–Trinajstić information content (AvgIpc) is 2.43. The Morgan fingerprint density at radius 2 is 1.10 bits per heavy atom. The van der Waals surface area contributed by atoms with E-state index >= 15 is 0 Å². The lowest BCUT2D eigenvalue weighted by Gasteiger charge is -2.13. The van der Waals surface area contributed by atoms with Gasteiger partial charge < -0.3 is 19.4 Å². The quantitative estimate of drug-likeness (QED) is 0.684. The Bertz CT molecular complexity index is 143. The molecule has 0 radical (unpaired) electrons. The van der Waals surface area contributed by atoms with Gasteiger partial charge in [-0.15, -0.1) is 0 Å². The van der Waals surface area contributed by atoms with E-state index in [-0.39, 0.29) is 0 Å². The molecule has 0 rings (SSSR count). The first-order valence-corrected chi connectivity index (χ1v) is 7.82. The van der Waals surface area contributed by atoms with Crippen LogP contribution in [0.5, 0.6) is 0 Å². The van der Waals surface area contributed by atoms with Gasteiger partial charge >= 0.3 is 0 Å². The van der Waals surface area contributed by atoms with Crippen LogP contribution in [0.2, 0.25) is 0 Å². The minimum atomic E-state index is 0.838. The lowest BCUT2D eigenvalue weighted by Crippen LogP contribution is -2.25. The van der Waals surface area contributed by atoms with E-state index in [4.69, 9.17) is 4.74 Å². The van der Waals surface area contributed by atoms with Crippen LogP contribution in [0.4, 0.5) is 0 Å². The van der Waals surface area contributed by atoms with Gasteiger partial charge in [-0.05, 0) is 41.8 Å². The number of hydrogen-bond donors (Lipinski definition) is 0. The van der Waals surface area contributed by atoms with Gasteiger partial charge in [0.05, 0.1) is 6.61 Å². The lowest BCUT2D eigenvalue weighted by molar-refractivity contribution is 0.164. The molecule has 0 saturated carbocycles. The Hall–Kier alpha value is -0.160. The minimum Gasteiger partial charge on any atom is -0.383 e. The van der Waals surface area contributed by atoms with E-state index in [0.29, 0.717) is 0 Å². The monoisotopic (exact) mass is 291 g/mol. The molecule has 0 aromatic carbocycles. The van der Waals surface area contributed by atoms with E-state index in [1.807, 2.05) is 0 Å². The highest BCUT2D eigenvalue weighted by atomic mass is 16.5. The molecule has 0 aromatic rings. The summed E-state index contributed by atoms with van der Waals surface area (Å²) >= 11 is 0. The summed E-state index contributed by atoms with van der Waals surface area (Å²) in [5.74, 6) is 0. The number of hydrogen-bond acceptors (Lipinski definition) is 4. The van der Waals surface area contributed by atoms with Crippen molar-refractivity contribution in [2.24, 2.45) is 0 Å². The van der Waals surface area contributed by atoms with Crippen molar-refractivity contribution in [2.45, 2.75) is 33.6 Å². The molecular weight excluding hydrogens is 250 g/mol. The van der Waals surface area contributed by atoms with Crippen molar-refractivity contribution in [3.8, 4) is 0 Å². The van der Waals surface area contributed by atoms with Crippen LogP contribution in [0.15, 0.2) is 0 Å². The number of ether oxygens (including phenoxy) is 1. The number of likely N-dealkylation sites (N-methyl/N-ethyl adjacent to an activating group) is 3. The Morgan fingerprint density at radius 3 is 1.30 bits per heavy atom. The Morgan fingerprint density at radius 1 is 0.700 bits per heavy atom. The highest BCUT2D eigenvalue weighted by Gasteiger charge is 1.90. The molecule has 0 aliphatic rings. The third kappa shape index (κ3) is 36.1. The predicted molar refractivity (Wildman–Crippen MR) is 92.7 cm³/mol. The van der Waals surface area contributed by atoms with Crippen molar-refractivity contribution >= 4 is 0 Å². The van der Waals surface area contributed by atoms with Gasteiger partial charge in [-0.2, -0.15) is 0 Å². The maximum absolute atomic E-state index is 4.87. The molecule has 0 saturated heterocycles. The van der Waals surface area contributed by atoms with Gasteiger partial charge in [0.1, 0.15) is 0 Å². The Kier molecular flexibility index (Phi) is 26.3. The van der Waals surface area contributed by atoms with Crippen molar-refractivity contribution < 1.29 is 4.74 Å². The molecule has 0 fully saturated rings. The zero-order chi connectivity index (χ0) is 16.4. The zero-order valence-electron chi connectivity index (χ0n) is 15.7. The summed E-state index contributed by atoms with van der Waals surface area (Å²) in [6, 6.07) is 0. The zero-order valence-corrected chi connectivity index (χ0v) is 15.7. The van der Waals surface area contributed by atoms with Gasteiger partial charge in [0.2, 0.25) is 0 Å². The smallest absolute Gasteiger partial charge is 0.0589 e. The molecule has 0 N–H and O–H groups in total. The second-order valence-corrected chi connectivity index (χ2v) is 5.50. The number of methoxy groups -OCH3 is 1. The van der Waals surface area contributed by atoms with Crippen molar-refractivity contribution in [1.82, 2.24) is 14.7 Å². The summed E-state index contributed by atoms with van der Waals surface area (Å²) in [6.45, 7) is 11.8. The van der Waals surface area contributed by atoms with E-state index in [2.05, 4.69) is 70.7 Å². The van der Waals surface area contributed by atoms with Crippen LogP contribution in [0.1, 0.15) is 33.6 Å². The molecule has 4 heteroatoms. The summed E-state index contributed by atoms with van der Waals surface area (Å²) < 4.78 is 4.87. The summed E-state index contributed by atoms with van der Waals surface area (Å²) in [4.78, 5) is 6.57. The van der Waals surface area contributed by atoms with Crippen LogP contribution in [-0.2, 0) is 4.74 Å². The first-order valence-electron chi connectivity index (χ1n) is 7.82. The van der Waals surface area contributed by atoms with Crippen LogP contribution in [0, 0.1) is 0 Å². The van der Waals surface area contributed by atoms with Gasteiger partial charge in [-0.25, -0.2) is 0 Å². The Labute approximate surface area is 129 Å². The second-order valence-electron chi connectivity index (χ2n) is 5.50. The fraction of sp³-hybridized carbons (Fsp3) is 1.00. The molecule has 0 unspecified atom stereocenters. The SMILES string of the molecule is CCCC.CCN(C)CCOC.CN(C)CCN(C)C. The topological polar surface area (TPSA) is 19.0 Å². The molecule has 0 spiro atoms. The summed E-state index contributed by atoms with van der Waals surface area (Å²) in [7, 11) is 12.2. The summed E-state index contributed by atoms with van der Waals surface area (Å²) in [5.41, 5.74) is 0. The molecule has 0 atom stereocenters. The van der Waals surface area contributed by atoms with Crippen molar-refractivity contribution in [1.29, 1.82) is 0 Å². The normalized spacial score (nSPS) is 10.2. The van der Waals surface area contributed by atoms with Crippen LogP contribution < -0.4 is 0 Å². The first kappa shape index (κ1) is 24.8. The van der Waals surface area contributed by atoms with E-state index in [0.717, 1.165) is 32.8 Å². The third-order valence-corrected chi connectivity index (χ3v) is 2.71. The van der Waals surface area contributed by atoms with E-state index in [1.54, 1.807) is 7.11 Å². The van der Waals surface area contributed by atoms with Gasteiger partial charge in [0.15, 0.2) is 0 Å². The van der Waals surface area contributed by atoms with Crippen LogP contribution in [0.3, 0.4) is 0 Å². The predicted octanol–water partition coefficient (Wildman–Crippen LogP) is 2.50. The van der Waals surface area contributed by atoms with Gasteiger partial charge in [0.25, 0.3) is 0 Å². The first-order chi connectivity index (χ1) is 9.35. The molecule has 0 bridgehead atoms. The third-order valence-electron chi connectivity index (χ3n) is 2.71. The summed E-state index contributed by atoms with van der Waals surface area (Å²) in [6.07, 6.45) is 2.64. The highest BCUT2D eigenvalue weighted by molar-refractivity contribution is 4.46. The molecule has 0 amide bonds. The number of unbranched alkanes of at least 4 members (excludes halogenated alkanes) is 1. The van der Waals surface area contributed by atoms with Gasteiger partial charge in [-0.3, -0.25) is 0 Å². The fourth-order valence-electron chi connectivity index (χ4n) is 0.805. The molecule has 126 valence electrons. The number of nitrogens with zero attached hydrogens (tertiary/aromatic N) is 3. The molecule has 20 heavy (non-hydrogen) atoms. The number of rotatable bonds is 8. The largest absolute Gasteiger partial charge is 0.383 e. The second kappa shape index (κ2) is 21.1. The lowest BCUT2D eigenvalue weighted by atomic mass is 10.4. The van der Waals surface area contributed by atoms with Crippen molar-refractivity contribution in [2.75, 3.05) is 75.1 Å². The standard InChI is InChI=1S/C6H16N2.C6H15NO.C4H10/c1-7(2)5-6-8(3)4;1-4-7(2)5-6-8-3;1-3-4-2/h5-6H2,1-4H3;4-6H2,1-3H3;3-4H2,1-2H3. The maximum atomic E-state index is 4.87. The van der Waals surface area contributed by atoms with Crippen LogP contribution >= 0.6 is 0 Å².